The predicted octanol–water partition coefficient (Wildman–Crippen LogP) is 4.57. The molecule has 4 rings (SSSR count). The third-order valence-corrected chi connectivity index (χ3v) is 8.07. The van der Waals surface area contributed by atoms with Crippen LogP contribution in [0.25, 0.3) is 17.3 Å². The Balaban J connectivity index is 1.37. The molecule has 34 heavy (non-hydrogen) atoms. The Morgan fingerprint density at radius 3 is 2.41 bits per heavy atom. The van der Waals surface area contributed by atoms with Gasteiger partial charge < -0.3 is 9.88 Å². The molecular weight excluding hydrogens is 448 g/mol. The molecule has 0 atom stereocenters. The van der Waals surface area contributed by atoms with E-state index < -0.39 is 10.0 Å². The molecule has 1 aliphatic rings. The Hall–Kier alpha value is -3.23. The molecule has 0 saturated carbocycles. The minimum atomic E-state index is -3.49. The van der Waals surface area contributed by atoms with Crippen molar-refractivity contribution >= 4 is 27.7 Å². The van der Waals surface area contributed by atoms with Crippen molar-refractivity contribution in [3.05, 3.63) is 72.2 Å². The number of anilines is 1. The van der Waals surface area contributed by atoms with Gasteiger partial charge in [0.25, 0.3) is 0 Å². The molecule has 0 unspecified atom stereocenters. The Labute approximate surface area is 201 Å². The number of aryl methyl sites for hydroxylation is 2. The highest BCUT2D eigenvalue weighted by Gasteiger charge is 2.21. The fraction of sp³-hybridized carbons (Fsp3) is 0.308. The lowest BCUT2D eigenvalue weighted by atomic mass is 10.1. The van der Waals surface area contributed by atoms with Crippen LogP contribution in [-0.4, -0.2) is 41.3 Å². The highest BCUT2D eigenvalue weighted by Crippen LogP contribution is 2.24. The third-order valence-electron chi connectivity index (χ3n) is 6.01. The number of nitrogens with zero attached hydrogens (tertiary/aromatic N) is 3. The van der Waals surface area contributed by atoms with E-state index in [1.165, 1.54) is 23.2 Å². The van der Waals surface area contributed by atoms with Crippen molar-refractivity contribution in [2.75, 3.05) is 18.4 Å². The lowest BCUT2D eigenvalue weighted by Gasteiger charge is -2.18. The molecule has 0 fully saturated rings. The second-order valence-corrected chi connectivity index (χ2v) is 10.2. The summed E-state index contributed by atoms with van der Waals surface area (Å²) in [6.45, 7) is 5.50. The number of aromatic nitrogens is 2. The number of carbonyl (C=O) groups is 1. The van der Waals surface area contributed by atoms with E-state index in [1.54, 1.807) is 30.3 Å². The van der Waals surface area contributed by atoms with Gasteiger partial charge in [0.05, 0.1) is 10.6 Å². The van der Waals surface area contributed by atoms with E-state index in [0.29, 0.717) is 18.8 Å². The van der Waals surface area contributed by atoms with E-state index in [1.807, 2.05) is 38.1 Å². The van der Waals surface area contributed by atoms with Gasteiger partial charge in [0.1, 0.15) is 5.82 Å². The van der Waals surface area contributed by atoms with E-state index in [0.717, 1.165) is 35.6 Å². The van der Waals surface area contributed by atoms with Crippen molar-refractivity contribution in [2.24, 2.45) is 0 Å². The molecule has 1 amide bonds. The quantitative estimate of drug-likeness (QED) is 0.481. The monoisotopic (exact) mass is 478 g/mol. The van der Waals surface area contributed by atoms with Gasteiger partial charge in [0.15, 0.2) is 0 Å². The van der Waals surface area contributed by atoms with Gasteiger partial charge in [-0.25, -0.2) is 13.4 Å². The lowest BCUT2D eigenvalue weighted by molar-refractivity contribution is -0.111. The highest BCUT2D eigenvalue weighted by molar-refractivity contribution is 7.89. The number of hydrogen-bond donors (Lipinski definition) is 1. The summed E-state index contributed by atoms with van der Waals surface area (Å²) in [6, 6.07) is 14.2. The fourth-order valence-corrected chi connectivity index (χ4v) is 5.55. The van der Waals surface area contributed by atoms with E-state index >= 15 is 0 Å². The minimum absolute atomic E-state index is 0.247. The summed E-state index contributed by atoms with van der Waals surface area (Å²) < 4.78 is 28.8. The molecular formula is C26H30N4O3S. The smallest absolute Gasteiger partial charge is 0.248 e. The zero-order valence-electron chi connectivity index (χ0n) is 19.6. The average molecular weight is 479 g/mol. The summed E-state index contributed by atoms with van der Waals surface area (Å²) in [7, 11) is -3.49. The highest BCUT2D eigenvalue weighted by atomic mass is 32.2. The van der Waals surface area contributed by atoms with Gasteiger partial charge in [-0.15, -0.1) is 0 Å². The van der Waals surface area contributed by atoms with Crippen LogP contribution in [0.5, 0.6) is 0 Å². The molecule has 0 bridgehead atoms. The van der Waals surface area contributed by atoms with Crippen LogP contribution in [0.1, 0.15) is 38.1 Å². The summed E-state index contributed by atoms with van der Waals surface area (Å²) in [6.07, 6.45) is 8.60. The molecule has 178 valence electrons. The van der Waals surface area contributed by atoms with Crippen LogP contribution in [0.4, 0.5) is 5.69 Å². The summed E-state index contributed by atoms with van der Waals surface area (Å²) in [4.78, 5) is 17.3. The molecule has 1 aliphatic heterocycles. The largest absolute Gasteiger partial charge is 0.334 e. The van der Waals surface area contributed by atoms with E-state index in [2.05, 4.69) is 16.1 Å². The Kier molecular flexibility index (Phi) is 7.29. The first-order valence-electron chi connectivity index (χ1n) is 11.7. The zero-order chi connectivity index (χ0) is 24.1. The van der Waals surface area contributed by atoms with Gasteiger partial charge in [0.2, 0.25) is 15.9 Å². The Morgan fingerprint density at radius 1 is 1.06 bits per heavy atom. The van der Waals surface area contributed by atoms with Gasteiger partial charge in [-0.3, -0.25) is 4.79 Å². The molecule has 0 spiro atoms. The van der Waals surface area contributed by atoms with Crippen LogP contribution in [0.15, 0.2) is 65.7 Å². The first-order valence-corrected chi connectivity index (χ1v) is 13.1. The summed E-state index contributed by atoms with van der Waals surface area (Å²) in [5.74, 6) is 0.882. The number of rotatable bonds is 8. The van der Waals surface area contributed by atoms with Crippen molar-refractivity contribution in [3.8, 4) is 11.3 Å². The molecule has 2 heterocycles. The van der Waals surface area contributed by atoms with Gasteiger partial charge in [-0.2, -0.15) is 4.31 Å². The molecule has 7 nitrogen and oxygen atoms in total. The maximum atomic E-state index is 12.6. The van der Waals surface area contributed by atoms with Gasteiger partial charge in [0, 0.05) is 49.6 Å². The molecule has 0 radical (unpaired) electrons. The second-order valence-electron chi connectivity index (χ2n) is 8.25. The predicted molar refractivity (Wildman–Crippen MR) is 135 cm³/mol. The van der Waals surface area contributed by atoms with Crippen molar-refractivity contribution in [2.45, 2.75) is 44.6 Å². The first-order chi connectivity index (χ1) is 16.4. The van der Waals surface area contributed by atoms with Crippen molar-refractivity contribution < 1.29 is 13.2 Å². The summed E-state index contributed by atoms with van der Waals surface area (Å²) in [5.41, 5.74) is 3.42. The van der Waals surface area contributed by atoms with Crippen molar-refractivity contribution in [1.29, 1.82) is 0 Å². The van der Waals surface area contributed by atoms with Crippen LogP contribution < -0.4 is 5.32 Å². The van der Waals surface area contributed by atoms with Gasteiger partial charge in [-0.1, -0.05) is 38.1 Å². The Bertz CT molecular complexity index is 1250. The number of sulfonamides is 1. The number of amides is 1. The molecule has 3 aromatic rings. The molecule has 2 aromatic carbocycles. The number of benzene rings is 2. The number of nitrogens with one attached hydrogen (secondary N) is 1. The second kappa shape index (κ2) is 10.4. The molecule has 0 aliphatic carbocycles. The van der Waals surface area contributed by atoms with Crippen LogP contribution >= 0.6 is 0 Å². The summed E-state index contributed by atoms with van der Waals surface area (Å²) >= 11 is 0. The van der Waals surface area contributed by atoms with Crippen LogP contribution in [-0.2, 0) is 27.8 Å². The first kappa shape index (κ1) is 23.9. The lowest BCUT2D eigenvalue weighted by Crippen LogP contribution is -2.30. The average Bonchev–Trinajstić information content (AvgIpc) is 3.28. The SMILES string of the molecule is CCN(CC)S(=O)(=O)c1ccc(/C=C/C(=O)Nc2ccc(-c3cn4c(n3)CCCC4)cc2)cc1. The van der Waals surface area contributed by atoms with Crippen LogP contribution in [0.2, 0.25) is 0 Å². The third kappa shape index (κ3) is 5.29. The van der Waals surface area contributed by atoms with Crippen molar-refractivity contribution in [3.63, 3.8) is 0 Å². The van der Waals surface area contributed by atoms with Crippen LogP contribution in [0.3, 0.4) is 0 Å². The van der Waals surface area contributed by atoms with E-state index in [9.17, 15) is 13.2 Å². The van der Waals surface area contributed by atoms with E-state index in [-0.39, 0.29) is 10.8 Å². The zero-order valence-corrected chi connectivity index (χ0v) is 20.4. The Morgan fingerprint density at radius 2 is 1.76 bits per heavy atom. The number of hydrogen-bond acceptors (Lipinski definition) is 4. The topological polar surface area (TPSA) is 84.3 Å². The molecule has 0 saturated heterocycles. The molecule has 1 N–H and O–H groups in total. The minimum Gasteiger partial charge on any atom is -0.334 e. The van der Waals surface area contributed by atoms with Crippen LogP contribution in [0, 0.1) is 0 Å². The van der Waals surface area contributed by atoms with E-state index in [4.69, 9.17) is 4.98 Å². The molecule has 1 aromatic heterocycles. The maximum Gasteiger partial charge on any atom is 0.248 e. The maximum absolute atomic E-state index is 12.6. The standard InChI is InChI=1S/C26H30N4O3S/c1-3-30(4-2)34(32,33)23-15-8-20(9-16-23)10-17-26(31)27-22-13-11-21(12-14-22)24-19-29-18-6-5-7-25(29)28-24/h8-17,19H,3-7,18H2,1-2H3,(H,27,31)/b17-10+. The number of imidazole rings is 1. The number of carbonyl (C=O) groups excluding carboxylic acids is 1. The number of fused-ring (bicyclic) bond motifs is 1. The fourth-order valence-electron chi connectivity index (χ4n) is 4.10. The normalized spacial score (nSPS) is 13.9. The summed E-state index contributed by atoms with van der Waals surface area (Å²) in [5, 5.41) is 2.85. The van der Waals surface area contributed by atoms with Gasteiger partial charge in [-0.05, 0) is 48.7 Å². The van der Waals surface area contributed by atoms with Gasteiger partial charge >= 0.3 is 0 Å². The molecule has 8 heteroatoms. The van der Waals surface area contributed by atoms with Crippen molar-refractivity contribution in [1.82, 2.24) is 13.9 Å².